The highest BCUT2D eigenvalue weighted by Gasteiger charge is 2.11. The summed E-state index contributed by atoms with van der Waals surface area (Å²) in [5.74, 6) is 0. The van der Waals surface area contributed by atoms with Crippen LogP contribution in [0.2, 0.25) is 0 Å². The van der Waals surface area contributed by atoms with Crippen molar-refractivity contribution < 1.29 is 13.6 Å². The summed E-state index contributed by atoms with van der Waals surface area (Å²) in [5.41, 5.74) is 1.28. The monoisotopic (exact) mass is 339 g/mol. The average Bonchev–Trinajstić information content (AvgIpc) is 2.44. The van der Waals surface area contributed by atoms with Gasteiger partial charge >= 0.3 is 0 Å². The van der Waals surface area contributed by atoms with E-state index in [0.717, 1.165) is 10.0 Å². The molecule has 0 aliphatic rings. The van der Waals surface area contributed by atoms with Crippen molar-refractivity contribution in [2.75, 3.05) is 0 Å². The maximum Gasteiger partial charge on any atom is 0.264 e. The Hall–Kier alpha value is -1.75. The van der Waals surface area contributed by atoms with Crippen molar-refractivity contribution >= 4 is 22.1 Å². The van der Waals surface area contributed by atoms with Crippen LogP contribution in [0.3, 0.4) is 0 Å². The zero-order chi connectivity index (χ0) is 14.4. The topological polar surface area (TPSA) is 21.6 Å². The van der Waals surface area contributed by atoms with E-state index in [-0.39, 0.29) is 12.2 Å². The van der Waals surface area contributed by atoms with Crippen LogP contribution in [0.5, 0.6) is 0 Å². The lowest BCUT2D eigenvalue weighted by Gasteiger charge is -2.06. The zero-order valence-electron chi connectivity index (χ0n) is 10.5. The van der Waals surface area contributed by atoms with Crippen molar-refractivity contribution in [3.63, 3.8) is 0 Å². The minimum absolute atomic E-state index is 0.0189. The molecule has 0 saturated carbocycles. The number of hydrogen-bond donors (Lipinski definition) is 0. The van der Waals surface area contributed by atoms with Crippen LogP contribution in [0.15, 0.2) is 58.2 Å². The standard InChI is InChI=1S/C15H12BrF2NO/c16-13-6-3-4-11(8-13)9-19-20-10-12-5-1-2-7-14(12)15(17)18/h1-9,15H,10H2. The number of alkyl halides is 2. The van der Waals surface area contributed by atoms with Crippen LogP contribution in [0.25, 0.3) is 0 Å². The summed E-state index contributed by atoms with van der Waals surface area (Å²) in [6.07, 6.45) is -0.973. The fraction of sp³-hybridized carbons (Fsp3) is 0.133. The summed E-state index contributed by atoms with van der Waals surface area (Å²) in [4.78, 5) is 5.08. The number of halogens is 3. The molecular weight excluding hydrogens is 328 g/mol. The Labute approximate surface area is 124 Å². The number of hydrogen-bond acceptors (Lipinski definition) is 2. The largest absolute Gasteiger partial charge is 0.391 e. The van der Waals surface area contributed by atoms with Crippen LogP contribution in [0, 0.1) is 0 Å². The molecule has 0 N–H and O–H groups in total. The summed E-state index contributed by atoms with van der Waals surface area (Å²) in [6.45, 7) is 0.0189. The van der Waals surface area contributed by atoms with Gasteiger partial charge in [-0.2, -0.15) is 0 Å². The maximum atomic E-state index is 12.7. The minimum Gasteiger partial charge on any atom is -0.391 e. The third-order valence-electron chi connectivity index (χ3n) is 2.64. The highest BCUT2D eigenvalue weighted by atomic mass is 79.9. The molecular formula is C15H12BrF2NO. The summed E-state index contributed by atoms with van der Waals surface area (Å²) in [7, 11) is 0. The minimum atomic E-state index is -2.51. The Kier molecular flexibility index (Phi) is 5.24. The Balaban J connectivity index is 1.96. The maximum absolute atomic E-state index is 12.7. The lowest BCUT2D eigenvalue weighted by molar-refractivity contribution is 0.120. The van der Waals surface area contributed by atoms with Crippen LogP contribution in [-0.2, 0) is 11.4 Å². The van der Waals surface area contributed by atoms with E-state index < -0.39 is 6.43 Å². The lowest BCUT2D eigenvalue weighted by Crippen LogP contribution is -1.95. The van der Waals surface area contributed by atoms with Gasteiger partial charge in [-0.25, -0.2) is 8.78 Å². The fourth-order valence-corrected chi connectivity index (χ4v) is 2.09. The van der Waals surface area contributed by atoms with Gasteiger partial charge in [0, 0.05) is 15.6 Å². The second-order valence-electron chi connectivity index (χ2n) is 4.06. The van der Waals surface area contributed by atoms with Gasteiger partial charge in [0.25, 0.3) is 6.43 Å². The van der Waals surface area contributed by atoms with Gasteiger partial charge in [-0.15, -0.1) is 0 Å². The van der Waals surface area contributed by atoms with Gasteiger partial charge in [0.15, 0.2) is 0 Å². The molecule has 0 fully saturated rings. The lowest BCUT2D eigenvalue weighted by atomic mass is 10.1. The van der Waals surface area contributed by atoms with Gasteiger partial charge < -0.3 is 4.84 Å². The van der Waals surface area contributed by atoms with E-state index in [1.807, 2.05) is 24.3 Å². The molecule has 5 heteroatoms. The van der Waals surface area contributed by atoms with Crippen LogP contribution in [0.1, 0.15) is 23.1 Å². The van der Waals surface area contributed by atoms with Gasteiger partial charge in [0.2, 0.25) is 0 Å². The van der Waals surface area contributed by atoms with Crippen molar-refractivity contribution in [2.45, 2.75) is 13.0 Å². The first-order valence-corrected chi connectivity index (χ1v) is 6.73. The van der Waals surface area contributed by atoms with Gasteiger partial charge in [-0.3, -0.25) is 0 Å². The molecule has 2 aromatic rings. The normalized spacial score (nSPS) is 11.2. The molecule has 20 heavy (non-hydrogen) atoms. The summed E-state index contributed by atoms with van der Waals surface area (Å²) in [5, 5.41) is 3.79. The summed E-state index contributed by atoms with van der Waals surface area (Å²) in [6, 6.07) is 13.8. The molecule has 0 radical (unpaired) electrons. The molecule has 0 aliphatic carbocycles. The van der Waals surface area contributed by atoms with Crippen LogP contribution in [0.4, 0.5) is 8.78 Å². The highest BCUT2D eigenvalue weighted by Crippen LogP contribution is 2.23. The summed E-state index contributed by atoms with van der Waals surface area (Å²) >= 11 is 3.35. The second kappa shape index (κ2) is 7.14. The van der Waals surface area contributed by atoms with E-state index in [2.05, 4.69) is 21.1 Å². The molecule has 104 valence electrons. The Bertz CT molecular complexity index is 602. The molecule has 2 rings (SSSR count). The quantitative estimate of drug-likeness (QED) is 0.558. The molecule has 0 aliphatic heterocycles. The predicted molar refractivity (Wildman–Crippen MR) is 77.9 cm³/mol. The van der Waals surface area contributed by atoms with Crippen molar-refractivity contribution in [3.05, 3.63) is 69.7 Å². The third kappa shape index (κ3) is 4.13. The van der Waals surface area contributed by atoms with Gasteiger partial charge in [0.05, 0.1) is 6.21 Å². The molecule has 0 saturated heterocycles. The molecule has 0 heterocycles. The molecule has 0 unspecified atom stereocenters. The molecule has 0 bridgehead atoms. The number of rotatable bonds is 5. The van der Waals surface area contributed by atoms with E-state index >= 15 is 0 Å². The smallest absolute Gasteiger partial charge is 0.264 e. The van der Waals surface area contributed by atoms with Crippen molar-refractivity contribution in [1.82, 2.24) is 0 Å². The van der Waals surface area contributed by atoms with E-state index in [9.17, 15) is 8.78 Å². The number of benzene rings is 2. The molecule has 0 aromatic heterocycles. The van der Waals surface area contributed by atoms with Crippen LogP contribution >= 0.6 is 15.9 Å². The first-order chi connectivity index (χ1) is 9.66. The van der Waals surface area contributed by atoms with E-state index in [1.54, 1.807) is 18.2 Å². The average molecular weight is 340 g/mol. The molecule has 0 atom stereocenters. The molecule has 0 amide bonds. The Morgan fingerprint density at radius 1 is 1.15 bits per heavy atom. The molecule has 2 aromatic carbocycles. The van der Waals surface area contributed by atoms with E-state index in [0.29, 0.717) is 5.56 Å². The Morgan fingerprint density at radius 3 is 2.70 bits per heavy atom. The highest BCUT2D eigenvalue weighted by molar-refractivity contribution is 9.10. The molecule has 0 spiro atoms. The van der Waals surface area contributed by atoms with Gasteiger partial charge in [0.1, 0.15) is 6.61 Å². The van der Waals surface area contributed by atoms with Crippen molar-refractivity contribution in [3.8, 4) is 0 Å². The fourth-order valence-electron chi connectivity index (χ4n) is 1.67. The predicted octanol–water partition coefficient (Wildman–Crippen LogP) is 4.94. The Morgan fingerprint density at radius 2 is 1.95 bits per heavy atom. The van der Waals surface area contributed by atoms with E-state index in [4.69, 9.17) is 4.84 Å². The van der Waals surface area contributed by atoms with Crippen LogP contribution < -0.4 is 0 Å². The SMILES string of the molecule is FC(F)c1ccccc1CON=Cc1cccc(Br)c1. The summed E-state index contributed by atoms with van der Waals surface area (Å²) < 4.78 is 26.4. The van der Waals surface area contributed by atoms with Gasteiger partial charge in [-0.1, -0.05) is 57.5 Å². The van der Waals surface area contributed by atoms with Crippen molar-refractivity contribution in [1.29, 1.82) is 0 Å². The van der Waals surface area contributed by atoms with Crippen LogP contribution in [-0.4, -0.2) is 6.21 Å². The number of nitrogens with zero attached hydrogens (tertiary/aromatic N) is 1. The first kappa shape index (κ1) is 14.7. The second-order valence-corrected chi connectivity index (χ2v) is 4.98. The van der Waals surface area contributed by atoms with Gasteiger partial charge in [-0.05, 0) is 17.7 Å². The van der Waals surface area contributed by atoms with E-state index in [1.165, 1.54) is 12.3 Å². The molecule has 2 nitrogen and oxygen atoms in total. The zero-order valence-corrected chi connectivity index (χ0v) is 12.1. The number of oxime groups is 1. The van der Waals surface area contributed by atoms with Crippen molar-refractivity contribution in [2.24, 2.45) is 5.16 Å². The third-order valence-corrected chi connectivity index (χ3v) is 3.13. The first-order valence-electron chi connectivity index (χ1n) is 5.93.